The molecule has 0 fully saturated rings. The van der Waals surface area contributed by atoms with E-state index in [1.165, 1.54) is 0 Å². The van der Waals surface area contributed by atoms with Crippen LogP contribution in [0.4, 0.5) is 11.4 Å². The first-order valence-corrected chi connectivity index (χ1v) is 6.96. The van der Waals surface area contributed by atoms with Gasteiger partial charge in [0, 0.05) is 23.6 Å². The van der Waals surface area contributed by atoms with E-state index in [0.29, 0.717) is 12.2 Å². The highest BCUT2D eigenvalue weighted by molar-refractivity contribution is 6.06. The second-order valence-corrected chi connectivity index (χ2v) is 5.33. The van der Waals surface area contributed by atoms with Crippen LogP contribution in [0.5, 0.6) is 0 Å². The fourth-order valence-electron chi connectivity index (χ4n) is 2.71. The summed E-state index contributed by atoms with van der Waals surface area (Å²) in [6.07, 6.45) is 1.76. The summed E-state index contributed by atoms with van der Waals surface area (Å²) in [6.45, 7) is 2.40. The zero-order valence-corrected chi connectivity index (χ0v) is 11.8. The van der Waals surface area contributed by atoms with Crippen molar-refractivity contribution in [2.45, 2.75) is 19.8 Å². The van der Waals surface area contributed by atoms with Crippen LogP contribution in [0.25, 0.3) is 0 Å². The molecule has 21 heavy (non-hydrogen) atoms. The first kappa shape index (κ1) is 13.4. The first-order chi connectivity index (χ1) is 10.1. The maximum absolute atomic E-state index is 12.7. The van der Waals surface area contributed by atoms with Gasteiger partial charge in [0.25, 0.3) is 11.5 Å². The van der Waals surface area contributed by atoms with Crippen LogP contribution in [0.1, 0.15) is 28.0 Å². The third-order valence-corrected chi connectivity index (χ3v) is 3.75. The average molecular weight is 283 g/mol. The number of benzene rings is 1. The molecule has 3 N–H and O–H groups in total. The molecule has 1 aromatic heterocycles. The number of nitrogens with zero attached hydrogens (tertiary/aromatic N) is 1. The number of nitrogens with two attached hydrogens (primary N) is 1. The Morgan fingerprint density at radius 1 is 1.29 bits per heavy atom. The summed E-state index contributed by atoms with van der Waals surface area (Å²) >= 11 is 0. The summed E-state index contributed by atoms with van der Waals surface area (Å²) in [4.78, 5) is 29.0. The zero-order chi connectivity index (χ0) is 15.0. The number of aryl methyl sites for hydroxylation is 2. The standard InChI is InChI=1S/C16H17N3O2/c1-10-4-6-13(15(20)18-10)16(21)19-8-2-3-11-9-12(17)5-7-14(11)19/h4-7,9H,2-3,8,17H2,1H3,(H,18,20). The molecule has 1 aliphatic rings. The highest BCUT2D eigenvalue weighted by atomic mass is 16.2. The van der Waals surface area contributed by atoms with Gasteiger partial charge in [0.15, 0.2) is 0 Å². The summed E-state index contributed by atoms with van der Waals surface area (Å²) in [5.74, 6) is -0.262. The van der Waals surface area contributed by atoms with Crippen molar-refractivity contribution in [1.82, 2.24) is 4.98 Å². The van der Waals surface area contributed by atoms with Gasteiger partial charge in [-0.3, -0.25) is 9.59 Å². The van der Waals surface area contributed by atoms with Gasteiger partial charge in [-0.05, 0) is 55.7 Å². The second-order valence-electron chi connectivity index (χ2n) is 5.33. The summed E-state index contributed by atoms with van der Waals surface area (Å²) in [5.41, 5.74) is 8.96. The molecule has 108 valence electrons. The molecule has 5 heteroatoms. The van der Waals surface area contributed by atoms with Crippen molar-refractivity contribution in [2.75, 3.05) is 17.2 Å². The van der Waals surface area contributed by atoms with Crippen LogP contribution >= 0.6 is 0 Å². The number of anilines is 2. The maximum Gasteiger partial charge on any atom is 0.263 e. The molecule has 0 saturated carbocycles. The van der Waals surface area contributed by atoms with Crippen LogP contribution in [0, 0.1) is 6.92 Å². The molecule has 1 aliphatic heterocycles. The predicted octanol–water partition coefficient (Wildman–Crippen LogP) is 1.86. The fourth-order valence-corrected chi connectivity index (χ4v) is 2.71. The highest BCUT2D eigenvalue weighted by Gasteiger charge is 2.25. The van der Waals surface area contributed by atoms with E-state index in [1.807, 2.05) is 12.1 Å². The predicted molar refractivity (Wildman–Crippen MR) is 82.7 cm³/mol. The van der Waals surface area contributed by atoms with Crippen molar-refractivity contribution in [3.63, 3.8) is 0 Å². The van der Waals surface area contributed by atoms with Gasteiger partial charge in [0.2, 0.25) is 0 Å². The minimum absolute atomic E-state index is 0.172. The molecule has 0 atom stereocenters. The monoisotopic (exact) mass is 283 g/mol. The number of pyridine rings is 1. The smallest absolute Gasteiger partial charge is 0.263 e. The lowest BCUT2D eigenvalue weighted by Crippen LogP contribution is -2.38. The van der Waals surface area contributed by atoms with Crippen molar-refractivity contribution in [3.8, 4) is 0 Å². The number of carbonyl (C=O) groups is 1. The van der Waals surface area contributed by atoms with E-state index in [2.05, 4.69) is 4.98 Å². The van der Waals surface area contributed by atoms with Crippen molar-refractivity contribution in [2.24, 2.45) is 0 Å². The van der Waals surface area contributed by atoms with Crippen LogP contribution in [0.15, 0.2) is 35.1 Å². The Kier molecular flexibility index (Phi) is 3.25. The number of fused-ring (bicyclic) bond motifs is 1. The lowest BCUT2D eigenvalue weighted by Gasteiger charge is -2.29. The largest absolute Gasteiger partial charge is 0.399 e. The van der Waals surface area contributed by atoms with Crippen molar-refractivity contribution < 1.29 is 4.79 Å². The third-order valence-electron chi connectivity index (χ3n) is 3.75. The Bertz CT molecular complexity index is 764. The molecule has 2 aromatic rings. The Morgan fingerprint density at radius 3 is 2.86 bits per heavy atom. The lowest BCUT2D eigenvalue weighted by atomic mass is 10.00. The highest BCUT2D eigenvalue weighted by Crippen LogP contribution is 2.29. The molecule has 3 rings (SSSR count). The minimum Gasteiger partial charge on any atom is -0.399 e. The normalized spacial score (nSPS) is 13.9. The van der Waals surface area contributed by atoms with E-state index in [1.54, 1.807) is 30.0 Å². The third kappa shape index (κ3) is 2.42. The first-order valence-electron chi connectivity index (χ1n) is 6.96. The number of amides is 1. The lowest BCUT2D eigenvalue weighted by molar-refractivity contribution is 0.0983. The van der Waals surface area contributed by atoms with Gasteiger partial charge in [-0.15, -0.1) is 0 Å². The van der Waals surface area contributed by atoms with Gasteiger partial charge in [-0.1, -0.05) is 0 Å². The van der Waals surface area contributed by atoms with Gasteiger partial charge in [-0.25, -0.2) is 0 Å². The van der Waals surface area contributed by atoms with Crippen LogP contribution in [0.3, 0.4) is 0 Å². The maximum atomic E-state index is 12.7. The molecule has 0 saturated heterocycles. The van der Waals surface area contributed by atoms with E-state index in [-0.39, 0.29) is 17.0 Å². The second kappa shape index (κ2) is 5.09. The topological polar surface area (TPSA) is 79.2 Å². The summed E-state index contributed by atoms with van der Waals surface area (Å²) < 4.78 is 0. The number of hydrogen-bond acceptors (Lipinski definition) is 3. The molecule has 1 aromatic carbocycles. The van der Waals surface area contributed by atoms with Crippen LogP contribution in [-0.2, 0) is 6.42 Å². The van der Waals surface area contributed by atoms with Gasteiger partial charge < -0.3 is 15.6 Å². The van der Waals surface area contributed by atoms with E-state index < -0.39 is 0 Å². The van der Waals surface area contributed by atoms with E-state index in [9.17, 15) is 9.59 Å². The molecule has 0 radical (unpaired) electrons. The Balaban J connectivity index is 2.02. The number of rotatable bonds is 1. The van der Waals surface area contributed by atoms with Crippen LogP contribution in [0.2, 0.25) is 0 Å². The molecule has 2 heterocycles. The van der Waals surface area contributed by atoms with Crippen molar-refractivity contribution in [1.29, 1.82) is 0 Å². The number of hydrogen-bond donors (Lipinski definition) is 2. The number of aromatic amines is 1. The molecule has 1 amide bonds. The van der Waals surface area contributed by atoms with Crippen molar-refractivity contribution in [3.05, 3.63) is 57.5 Å². The van der Waals surface area contributed by atoms with Gasteiger partial charge in [0.1, 0.15) is 5.56 Å². The Morgan fingerprint density at radius 2 is 2.10 bits per heavy atom. The summed E-state index contributed by atoms with van der Waals surface area (Å²) in [7, 11) is 0. The van der Waals surface area contributed by atoms with Crippen LogP contribution < -0.4 is 16.2 Å². The van der Waals surface area contributed by atoms with Crippen LogP contribution in [-0.4, -0.2) is 17.4 Å². The van der Waals surface area contributed by atoms with Gasteiger partial charge in [0.05, 0.1) is 0 Å². The Hall–Kier alpha value is -2.56. The fraction of sp³-hybridized carbons (Fsp3) is 0.250. The van der Waals surface area contributed by atoms with E-state index in [0.717, 1.165) is 29.8 Å². The molecule has 5 nitrogen and oxygen atoms in total. The number of aromatic nitrogens is 1. The SMILES string of the molecule is Cc1ccc(C(=O)N2CCCc3cc(N)ccc32)c(=O)[nH]1. The quantitative estimate of drug-likeness (QED) is 0.784. The van der Waals surface area contributed by atoms with Gasteiger partial charge >= 0.3 is 0 Å². The zero-order valence-electron chi connectivity index (χ0n) is 11.8. The molecule has 0 bridgehead atoms. The average Bonchev–Trinajstić information content (AvgIpc) is 2.45. The molecular weight excluding hydrogens is 266 g/mol. The van der Waals surface area contributed by atoms with E-state index in [4.69, 9.17) is 5.73 Å². The minimum atomic E-state index is -0.345. The molecule has 0 aliphatic carbocycles. The number of carbonyl (C=O) groups excluding carboxylic acids is 1. The Labute approximate surface area is 122 Å². The number of nitrogen functional groups attached to an aromatic ring is 1. The number of nitrogens with one attached hydrogen (secondary N) is 1. The molecule has 0 spiro atoms. The number of H-pyrrole nitrogens is 1. The summed E-state index contributed by atoms with van der Waals surface area (Å²) in [6, 6.07) is 8.85. The van der Waals surface area contributed by atoms with E-state index >= 15 is 0 Å². The van der Waals surface area contributed by atoms with Gasteiger partial charge in [-0.2, -0.15) is 0 Å². The molecular formula is C16H17N3O2. The van der Waals surface area contributed by atoms with Crippen molar-refractivity contribution >= 4 is 17.3 Å². The summed E-state index contributed by atoms with van der Waals surface area (Å²) in [5, 5.41) is 0. The molecule has 0 unspecified atom stereocenters.